The quantitative estimate of drug-likeness (QED) is 0.860. The third-order valence-electron chi connectivity index (χ3n) is 3.47. The lowest BCUT2D eigenvalue weighted by Gasteiger charge is -2.15. The largest absolute Gasteiger partial charge is 0.396 e. The first-order valence-corrected chi connectivity index (χ1v) is 7.53. The number of carbonyl (C=O) groups is 1. The van der Waals surface area contributed by atoms with Gasteiger partial charge in [-0.05, 0) is 37.1 Å². The Morgan fingerprint density at radius 2 is 2.14 bits per heavy atom. The summed E-state index contributed by atoms with van der Waals surface area (Å²) in [5.74, 6) is -0.310. The highest BCUT2D eigenvalue weighted by atomic mass is 35.5. The molecule has 0 saturated heterocycles. The van der Waals surface area contributed by atoms with Crippen molar-refractivity contribution in [2.45, 2.75) is 13.3 Å². The molecule has 116 valence electrons. The summed E-state index contributed by atoms with van der Waals surface area (Å²) in [6.07, 6.45) is 2.33. The van der Waals surface area contributed by atoms with Gasteiger partial charge in [0, 0.05) is 31.0 Å². The smallest absolute Gasteiger partial charge is 0.252 e. The second-order valence-corrected chi connectivity index (χ2v) is 5.60. The van der Waals surface area contributed by atoms with E-state index in [0.717, 1.165) is 11.3 Å². The van der Waals surface area contributed by atoms with Gasteiger partial charge in [0.05, 0.1) is 10.6 Å². The number of benzene rings is 1. The highest BCUT2D eigenvalue weighted by Gasteiger charge is 2.15. The number of aliphatic hydroxyl groups is 1. The average molecular weight is 319 g/mol. The Morgan fingerprint density at radius 1 is 1.32 bits per heavy atom. The number of pyridine rings is 1. The van der Waals surface area contributed by atoms with Gasteiger partial charge in [-0.25, -0.2) is 0 Å². The summed E-state index contributed by atoms with van der Waals surface area (Å²) in [7, 11) is 0. The minimum absolute atomic E-state index is 0.0155. The molecule has 0 radical (unpaired) electrons. The number of hydrogen-bond acceptors (Lipinski definition) is 3. The lowest BCUT2D eigenvalue weighted by molar-refractivity contribution is 0.0940. The zero-order valence-corrected chi connectivity index (χ0v) is 13.2. The van der Waals surface area contributed by atoms with Gasteiger partial charge < -0.3 is 10.4 Å². The molecule has 0 fully saturated rings. The molecule has 0 spiro atoms. The minimum atomic E-state index is -0.229. The predicted molar refractivity (Wildman–Crippen MR) is 87.0 cm³/mol. The molecule has 22 heavy (non-hydrogen) atoms. The molecule has 2 aromatic rings. The topological polar surface area (TPSA) is 62.2 Å². The van der Waals surface area contributed by atoms with E-state index in [1.54, 1.807) is 18.3 Å². The molecular weight excluding hydrogens is 300 g/mol. The van der Waals surface area contributed by atoms with Crippen molar-refractivity contribution in [3.05, 3.63) is 64.4 Å². The average Bonchev–Trinajstić information content (AvgIpc) is 2.54. The number of nitrogens with zero attached hydrogens (tertiary/aromatic N) is 1. The maximum absolute atomic E-state index is 12.2. The second-order valence-electron chi connectivity index (χ2n) is 5.22. The molecule has 0 aliphatic carbocycles. The van der Waals surface area contributed by atoms with Crippen molar-refractivity contribution in [2.75, 3.05) is 13.2 Å². The Labute approximate surface area is 135 Å². The van der Waals surface area contributed by atoms with Gasteiger partial charge in [0.25, 0.3) is 5.91 Å². The van der Waals surface area contributed by atoms with Gasteiger partial charge in [-0.1, -0.05) is 29.8 Å². The summed E-state index contributed by atoms with van der Waals surface area (Å²) < 4.78 is 0. The lowest BCUT2D eigenvalue weighted by Crippen LogP contribution is -2.32. The van der Waals surface area contributed by atoms with Crippen LogP contribution in [0.15, 0.2) is 42.6 Å². The first-order chi connectivity index (χ1) is 10.6. The molecule has 0 saturated carbocycles. The van der Waals surface area contributed by atoms with Crippen molar-refractivity contribution in [1.82, 2.24) is 10.3 Å². The van der Waals surface area contributed by atoms with Gasteiger partial charge in [0.2, 0.25) is 0 Å². The zero-order chi connectivity index (χ0) is 15.9. The lowest BCUT2D eigenvalue weighted by atomic mass is 10.0. The zero-order valence-electron chi connectivity index (χ0n) is 12.4. The Hall–Kier alpha value is -1.91. The number of amides is 1. The van der Waals surface area contributed by atoms with Crippen molar-refractivity contribution >= 4 is 17.5 Å². The van der Waals surface area contributed by atoms with Crippen molar-refractivity contribution in [3.8, 4) is 0 Å². The number of rotatable bonds is 6. The number of carbonyl (C=O) groups excluding carboxylic acids is 1. The van der Waals surface area contributed by atoms with Gasteiger partial charge in [-0.2, -0.15) is 0 Å². The number of halogens is 1. The van der Waals surface area contributed by atoms with E-state index in [1.165, 1.54) is 0 Å². The fraction of sp³-hybridized carbons (Fsp3) is 0.294. The second kappa shape index (κ2) is 7.92. The van der Waals surface area contributed by atoms with Crippen LogP contribution in [0.4, 0.5) is 0 Å². The Morgan fingerprint density at radius 3 is 2.82 bits per heavy atom. The molecule has 1 atom stereocenters. The molecule has 0 aliphatic rings. The van der Waals surface area contributed by atoms with E-state index in [0.29, 0.717) is 23.6 Å². The highest BCUT2D eigenvalue weighted by molar-refractivity contribution is 6.34. The van der Waals surface area contributed by atoms with Crippen LogP contribution >= 0.6 is 11.6 Å². The molecule has 1 unspecified atom stereocenters. The molecule has 4 nitrogen and oxygen atoms in total. The number of hydrogen-bond donors (Lipinski definition) is 2. The Bertz CT molecular complexity index is 632. The van der Waals surface area contributed by atoms with Crippen LogP contribution in [0.1, 0.15) is 21.6 Å². The molecule has 5 heteroatoms. The summed E-state index contributed by atoms with van der Waals surface area (Å²) in [5, 5.41) is 12.8. The van der Waals surface area contributed by atoms with Crippen LogP contribution in [0.5, 0.6) is 0 Å². The van der Waals surface area contributed by atoms with Crippen molar-refractivity contribution in [1.29, 1.82) is 0 Å². The third kappa shape index (κ3) is 4.29. The van der Waals surface area contributed by atoms with E-state index in [1.807, 2.05) is 31.2 Å². The molecule has 1 aromatic heterocycles. The summed E-state index contributed by atoms with van der Waals surface area (Å²) >= 11 is 6.15. The van der Waals surface area contributed by atoms with E-state index in [-0.39, 0.29) is 18.4 Å². The third-order valence-corrected chi connectivity index (χ3v) is 3.97. The van der Waals surface area contributed by atoms with Crippen molar-refractivity contribution in [2.24, 2.45) is 5.92 Å². The summed E-state index contributed by atoms with van der Waals surface area (Å²) in [6.45, 7) is 2.21. The van der Waals surface area contributed by atoms with E-state index in [2.05, 4.69) is 10.3 Å². The minimum Gasteiger partial charge on any atom is -0.396 e. The van der Waals surface area contributed by atoms with E-state index < -0.39 is 0 Å². The van der Waals surface area contributed by atoms with Crippen molar-refractivity contribution in [3.63, 3.8) is 0 Å². The monoisotopic (exact) mass is 318 g/mol. The molecule has 0 aliphatic heterocycles. The van der Waals surface area contributed by atoms with Crippen LogP contribution in [-0.2, 0) is 6.42 Å². The van der Waals surface area contributed by atoms with E-state index in [4.69, 9.17) is 11.6 Å². The molecule has 1 amide bonds. The molecule has 1 aromatic carbocycles. The van der Waals surface area contributed by atoms with Gasteiger partial charge in [-0.15, -0.1) is 0 Å². The molecule has 2 rings (SSSR count). The normalized spacial score (nSPS) is 12.0. The maximum Gasteiger partial charge on any atom is 0.252 e. The standard InChI is InChI=1S/C17H19ClN2O2/c1-12-5-4-7-15(16(12)18)17(22)20-10-13(11-21)9-14-6-2-3-8-19-14/h2-8,13,21H,9-11H2,1H3,(H,20,22). The van der Waals surface area contributed by atoms with Gasteiger partial charge in [-0.3, -0.25) is 9.78 Å². The molecule has 2 N–H and O–H groups in total. The van der Waals surface area contributed by atoms with E-state index in [9.17, 15) is 9.90 Å². The first kappa shape index (κ1) is 16.5. The molecular formula is C17H19ClN2O2. The SMILES string of the molecule is Cc1cccc(C(=O)NCC(CO)Cc2ccccn2)c1Cl. The number of nitrogens with one attached hydrogen (secondary N) is 1. The molecule has 0 bridgehead atoms. The van der Waals surface area contributed by atoms with Crippen LogP contribution in [0.25, 0.3) is 0 Å². The van der Waals surface area contributed by atoms with Crippen LogP contribution in [0.3, 0.4) is 0 Å². The summed E-state index contributed by atoms with van der Waals surface area (Å²) in [5.41, 5.74) is 2.21. The van der Waals surface area contributed by atoms with Crippen LogP contribution in [0.2, 0.25) is 5.02 Å². The highest BCUT2D eigenvalue weighted by Crippen LogP contribution is 2.20. The van der Waals surface area contributed by atoms with Crippen LogP contribution in [0, 0.1) is 12.8 Å². The van der Waals surface area contributed by atoms with Crippen LogP contribution in [-0.4, -0.2) is 29.1 Å². The van der Waals surface area contributed by atoms with Crippen molar-refractivity contribution < 1.29 is 9.90 Å². The van der Waals surface area contributed by atoms with E-state index >= 15 is 0 Å². The Balaban J connectivity index is 1.95. The fourth-order valence-electron chi connectivity index (χ4n) is 2.17. The molecule has 1 heterocycles. The van der Waals surface area contributed by atoms with Gasteiger partial charge in [0.15, 0.2) is 0 Å². The maximum atomic E-state index is 12.2. The summed E-state index contributed by atoms with van der Waals surface area (Å²) in [4.78, 5) is 16.4. The Kier molecular flexibility index (Phi) is 5.92. The summed E-state index contributed by atoms with van der Waals surface area (Å²) in [6, 6.07) is 11.0. The fourth-order valence-corrected chi connectivity index (χ4v) is 2.38. The number of aliphatic hydroxyl groups excluding tert-OH is 1. The number of aromatic nitrogens is 1. The predicted octanol–water partition coefficient (Wildman–Crippen LogP) is 2.62. The number of aryl methyl sites for hydroxylation is 1. The van der Waals surface area contributed by atoms with Gasteiger partial charge >= 0.3 is 0 Å². The van der Waals surface area contributed by atoms with Gasteiger partial charge in [0.1, 0.15) is 0 Å². The first-order valence-electron chi connectivity index (χ1n) is 7.16. The van der Waals surface area contributed by atoms with Crippen LogP contribution < -0.4 is 5.32 Å².